The van der Waals surface area contributed by atoms with Crippen LogP contribution in [-0.4, -0.2) is 54.6 Å². The molecule has 1 aliphatic rings. The summed E-state index contributed by atoms with van der Waals surface area (Å²) in [6, 6.07) is 18.1. The van der Waals surface area contributed by atoms with Crippen LogP contribution in [-0.2, 0) is 10.0 Å². The molecule has 2 aromatic carbocycles. The monoisotopic (exact) mass is 410 g/mol. The van der Waals surface area contributed by atoms with E-state index < -0.39 is 10.0 Å². The summed E-state index contributed by atoms with van der Waals surface area (Å²) in [5.41, 5.74) is 1.91. The maximum atomic E-state index is 12.2. The van der Waals surface area contributed by atoms with Crippen molar-refractivity contribution in [2.45, 2.75) is 25.8 Å². The maximum Gasteiger partial charge on any atom is 0.213 e. The van der Waals surface area contributed by atoms with Gasteiger partial charge in [0.1, 0.15) is 5.82 Å². The molecule has 7 heteroatoms. The Kier molecular flexibility index (Phi) is 5.52. The highest BCUT2D eigenvalue weighted by Crippen LogP contribution is 2.30. The number of anilines is 1. The van der Waals surface area contributed by atoms with Crippen LogP contribution in [0.25, 0.3) is 22.3 Å². The Hall–Kier alpha value is -2.51. The molecule has 4 rings (SSSR count). The van der Waals surface area contributed by atoms with Gasteiger partial charge in [0.05, 0.1) is 11.3 Å². The van der Waals surface area contributed by atoms with Gasteiger partial charge in [-0.25, -0.2) is 22.7 Å². The summed E-state index contributed by atoms with van der Waals surface area (Å²) in [6.45, 7) is 3.23. The van der Waals surface area contributed by atoms with Crippen LogP contribution in [0.15, 0.2) is 54.6 Å². The molecule has 1 saturated heterocycles. The molecule has 0 spiro atoms. The summed E-state index contributed by atoms with van der Waals surface area (Å²) < 4.78 is 26.0. The van der Waals surface area contributed by atoms with Crippen molar-refractivity contribution >= 4 is 26.7 Å². The van der Waals surface area contributed by atoms with Crippen molar-refractivity contribution in [1.29, 1.82) is 0 Å². The smallest absolute Gasteiger partial charge is 0.213 e. The highest BCUT2D eigenvalue weighted by atomic mass is 32.2. The largest absolute Gasteiger partial charge is 0.356 e. The molecule has 1 aliphatic heterocycles. The Balaban J connectivity index is 1.65. The van der Waals surface area contributed by atoms with E-state index in [-0.39, 0.29) is 11.8 Å². The molecular formula is C22H26N4O2S. The minimum Gasteiger partial charge on any atom is -0.356 e. The van der Waals surface area contributed by atoms with Crippen LogP contribution in [0.3, 0.4) is 0 Å². The van der Waals surface area contributed by atoms with Crippen molar-refractivity contribution < 1.29 is 8.42 Å². The molecule has 29 heavy (non-hydrogen) atoms. The fourth-order valence-electron chi connectivity index (χ4n) is 3.89. The molecule has 0 aliphatic carbocycles. The summed E-state index contributed by atoms with van der Waals surface area (Å²) in [5.74, 6) is 1.78. The third-order valence-corrected chi connectivity index (χ3v) is 7.60. The molecule has 0 unspecified atom stereocenters. The van der Waals surface area contributed by atoms with Crippen LogP contribution in [0.4, 0.5) is 5.82 Å². The zero-order valence-electron chi connectivity index (χ0n) is 16.8. The van der Waals surface area contributed by atoms with Gasteiger partial charge in [0.25, 0.3) is 0 Å². The Labute approximate surface area is 172 Å². The Morgan fingerprint density at radius 1 is 1.00 bits per heavy atom. The fourth-order valence-corrected chi connectivity index (χ4v) is 4.96. The SMILES string of the molecule is CCS(=O)(=O)N(C)C1CCN(c2nc(-c3ccccc3)nc3ccccc23)CC1. The molecule has 6 nitrogen and oxygen atoms in total. The van der Waals surface area contributed by atoms with Crippen molar-refractivity contribution in [1.82, 2.24) is 14.3 Å². The van der Waals surface area contributed by atoms with E-state index in [1.54, 1.807) is 18.3 Å². The third-order valence-electron chi connectivity index (χ3n) is 5.70. The van der Waals surface area contributed by atoms with E-state index in [1.807, 2.05) is 48.5 Å². The van der Waals surface area contributed by atoms with Gasteiger partial charge in [-0.1, -0.05) is 42.5 Å². The Morgan fingerprint density at radius 3 is 2.34 bits per heavy atom. The number of hydrogen-bond donors (Lipinski definition) is 0. The number of para-hydroxylation sites is 1. The van der Waals surface area contributed by atoms with Crippen LogP contribution in [0.5, 0.6) is 0 Å². The van der Waals surface area contributed by atoms with E-state index >= 15 is 0 Å². The van der Waals surface area contributed by atoms with Gasteiger partial charge < -0.3 is 4.90 Å². The highest BCUT2D eigenvalue weighted by Gasteiger charge is 2.29. The lowest BCUT2D eigenvalue weighted by Crippen LogP contribution is -2.46. The van der Waals surface area contributed by atoms with Crippen molar-refractivity contribution in [3.05, 3.63) is 54.6 Å². The van der Waals surface area contributed by atoms with E-state index in [0.717, 1.165) is 48.2 Å². The van der Waals surface area contributed by atoms with Gasteiger partial charge in [-0.2, -0.15) is 0 Å². The van der Waals surface area contributed by atoms with Crippen LogP contribution >= 0.6 is 0 Å². The van der Waals surface area contributed by atoms with Crippen molar-refractivity contribution in [3.8, 4) is 11.4 Å². The first-order chi connectivity index (χ1) is 14.0. The van der Waals surface area contributed by atoms with Gasteiger partial charge in [-0.3, -0.25) is 0 Å². The van der Waals surface area contributed by atoms with Crippen LogP contribution in [0, 0.1) is 0 Å². The topological polar surface area (TPSA) is 66.4 Å². The molecule has 0 amide bonds. The van der Waals surface area contributed by atoms with Crippen molar-refractivity contribution in [2.24, 2.45) is 0 Å². The van der Waals surface area contributed by atoms with Gasteiger partial charge in [-0.15, -0.1) is 0 Å². The Morgan fingerprint density at radius 2 is 1.66 bits per heavy atom. The predicted octanol–water partition coefficient (Wildman–Crippen LogP) is 3.55. The lowest BCUT2D eigenvalue weighted by atomic mass is 10.0. The number of sulfonamides is 1. The molecule has 0 N–H and O–H groups in total. The third kappa shape index (κ3) is 3.97. The first kappa shape index (κ1) is 19.8. The minimum absolute atomic E-state index is 0.0397. The number of nitrogens with zero attached hydrogens (tertiary/aromatic N) is 4. The average molecular weight is 411 g/mol. The van der Waals surface area contributed by atoms with Crippen LogP contribution in [0.2, 0.25) is 0 Å². The molecule has 1 fully saturated rings. The van der Waals surface area contributed by atoms with Gasteiger partial charge in [0.2, 0.25) is 10.0 Å². The van der Waals surface area contributed by atoms with E-state index in [0.29, 0.717) is 5.82 Å². The molecular weight excluding hydrogens is 384 g/mol. The van der Waals surface area contributed by atoms with Crippen molar-refractivity contribution in [3.63, 3.8) is 0 Å². The number of piperidine rings is 1. The fraction of sp³-hybridized carbons (Fsp3) is 0.364. The number of aromatic nitrogens is 2. The van der Waals surface area contributed by atoms with Gasteiger partial charge in [0.15, 0.2) is 5.82 Å². The van der Waals surface area contributed by atoms with E-state index in [2.05, 4.69) is 11.0 Å². The summed E-state index contributed by atoms with van der Waals surface area (Å²) in [4.78, 5) is 11.9. The lowest BCUT2D eigenvalue weighted by Gasteiger charge is -2.37. The molecule has 3 aromatic rings. The molecule has 0 atom stereocenters. The Bertz CT molecular complexity index is 1090. The number of hydrogen-bond acceptors (Lipinski definition) is 5. The number of fused-ring (bicyclic) bond motifs is 1. The quantitative estimate of drug-likeness (QED) is 0.644. The normalized spacial score (nSPS) is 15.9. The molecule has 0 radical (unpaired) electrons. The lowest BCUT2D eigenvalue weighted by molar-refractivity contribution is 0.312. The van der Waals surface area contributed by atoms with Gasteiger partial charge in [-0.05, 0) is 31.9 Å². The standard InChI is InChI=1S/C22H26N4O2S/c1-3-29(27,28)25(2)18-13-15-26(16-14-18)22-19-11-7-8-12-20(19)23-21(24-22)17-9-5-4-6-10-17/h4-12,18H,3,13-16H2,1-2H3. The van der Waals surface area contributed by atoms with Crippen molar-refractivity contribution in [2.75, 3.05) is 30.8 Å². The van der Waals surface area contributed by atoms with Gasteiger partial charge in [0, 0.05) is 37.1 Å². The first-order valence-corrected chi connectivity index (χ1v) is 11.6. The molecule has 152 valence electrons. The highest BCUT2D eigenvalue weighted by molar-refractivity contribution is 7.89. The van der Waals surface area contributed by atoms with Crippen LogP contribution < -0.4 is 4.90 Å². The van der Waals surface area contributed by atoms with Gasteiger partial charge >= 0.3 is 0 Å². The van der Waals surface area contributed by atoms with E-state index in [4.69, 9.17) is 9.97 Å². The second kappa shape index (κ2) is 8.08. The zero-order chi connectivity index (χ0) is 20.4. The molecule has 1 aromatic heterocycles. The zero-order valence-corrected chi connectivity index (χ0v) is 17.6. The average Bonchev–Trinajstić information content (AvgIpc) is 2.78. The molecule has 0 saturated carbocycles. The van der Waals surface area contributed by atoms with E-state index in [9.17, 15) is 8.42 Å². The second-order valence-corrected chi connectivity index (χ2v) is 9.71. The number of benzene rings is 2. The maximum absolute atomic E-state index is 12.2. The van der Waals surface area contributed by atoms with E-state index in [1.165, 1.54) is 0 Å². The summed E-state index contributed by atoms with van der Waals surface area (Å²) in [7, 11) is -1.47. The summed E-state index contributed by atoms with van der Waals surface area (Å²) in [5, 5.41) is 1.03. The summed E-state index contributed by atoms with van der Waals surface area (Å²) >= 11 is 0. The second-order valence-electron chi connectivity index (χ2n) is 7.39. The predicted molar refractivity (Wildman–Crippen MR) is 117 cm³/mol. The first-order valence-electron chi connectivity index (χ1n) is 10.0. The minimum atomic E-state index is -3.17. The molecule has 0 bridgehead atoms. The summed E-state index contributed by atoms with van der Waals surface area (Å²) in [6.07, 6.45) is 1.57. The van der Waals surface area contributed by atoms with Crippen LogP contribution in [0.1, 0.15) is 19.8 Å². The number of rotatable bonds is 5. The molecule has 2 heterocycles.